The zero-order chi connectivity index (χ0) is 20.5. The van der Waals surface area contributed by atoms with Gasteiger partial charge in [0, 0.05) is 28.8 Å². The van der Waals surface area contributed by atoms with E-state index >= 15 is 0 Å². The Bertz CT molecular complexity index is 1000. The first kappa shape index (κ1) is 20.8. The Hall–Kier alpha value is -1.91. The van der Waals surface area contributed by atoms with Gasteiger partial charge in [0.05, 0.1) is 10.5 Å². The molecule has 5 nitrogen and oxygen atoms in total. The van der Waals surface area contributed by atoms with Gasteiger partial charge in [0.15, 0.2) is 0 Å². The van der Waals surface area contributed by atoms with Gasteiger partial charge < -0.3 is 5.32 Å². The highest BCUT2D eigenvalue weighted by molar-refractivity contribution is 9.10. The van der Waals surface area contributed by atoms with E-state index < -0.39 is 27.7 Å². The smallest absolute Gasteiger partial charge is 0.322 e. The average molecular weight is 477 g/mol. The summed E-state index contributed by atoms with van der Waals surface area (Å²) in [7, 11) is -3.70. The van der Waals surface area contributed by atoms with E-state index in [2.05, 4.69) is 21.2 Å². The number of nitrogens with zero attached hydrogens (tertiary/aromatic N) is 1. The van der Waals surface area contributed by atoms with Crippen molar-refractivity contribution in [3.63, 3.8) is 0 Å². The maximum absolute atomic E-state index is 13.0. The van der Waals surface area contributed by atoms with E-state index in [1.165, 1.54) is 40.7 Å². The lowest BCUT2D eigenvalue weighted by molar-refractivity contribution is -0.138. The van der Waals surface area contributed by atoms with E-state index in [1.54, 1.807) is 0 Å². The third kappa shape index (κ3) is 4.39. The molecule has 0 atom stereocenters. The highest BCUT2D eigenvalue weighted by Crippen LogP contribution is 2.36. The van der Waals surface area contributed by atoms with Crippen LogP contribution in [0.5, 0.6) is 0 Å². The molecule has 28 heavy (non-hydrogen) atoms. The molecule has 0 aliphatic carbocycles. The van der Waals surface area contributed by atoms with Gasteiger partial charge in [-0.15, -0.1) is 0 Å². The van der Waals surface area contributed by atoms with Crippen LogP contribution < -0.4 is 5.32 Å². The SMILES string of the molecule is O=C(Nc1ccc(Br)c(C(F)(F)F)c1)c1cccc(S(=O)(=O)N2CCCC2)c1. The monoisotopic (exact) mass is 476 g/mol. The first-order valence-corrected chi connectivity index (χ1v) is 10.6. The number of halogens is 4. The first-order chi connectivity index (χ1) is 13.1. The molecule has 1 amide bonds. The number of alkyl halides is 3. The van der Waals surface area contributed by atoms with Crippen molar-refractivity contribution < 1.29 is 26.4 Å². The lowest BCUT2D eigenvalue weighted by Gasteiger charge is -2.16. The van der Waals surface area contributed by atoms with E-state index in [9.17, 15) is 26.4 Å². The molecule has 150 valence electrons. The number of carbonyl (C=O) groups excluding carboxylic acids is 1. The van der Waals surface area contributed by atoms with Crippen LogP contribution >= 0.6 is 15.9 Å². The van der Waals surface area contributed by atoms with Gasteiger partial charge in [0.2, 0.25) is 10.0 Å². The summed E-state index contributed by atoms with van der Waals surface area (Å²) in [6.45, 7) is 0.857. The Labute approximate surface area is 168 Å². The quantitative estimate of drug-likeness (QED) is 0.705. The minimum atomic E-state index is -4.58. The predicted molar refractivity (Wildman–Crippen MR) is 102 cm³/mol. The zero-order valence-corrected chi connectivity index (χ0v) is 16.9. The third-order valence-electron chi connectivity index (χ3n) is 4.33. The van der Waals surface area contributed by atoms with Gasteiger partial charge in [0.25, 0.3) is 5.91 Å². The van der Waals surface area contributed by atoms with E-state index in [1.807, 2.05) is 0 Å². The average Bonchev–Trinajstić information content (AvgIpc) is 3.18. The number of sulfonamides is 1. The molecule has 1 N–H and O–H groups in total. The second kappa shape index (κ2) is 7.84. The molecule has 0 bridgehead atoms. The van der Waals surface area contributed by atoms with Crippen molar-refractivity contribution in [2.45, 2.75) is 23.9 Å². The number of carbonyl (C=O) groups is 1. The number of benzene rings is 2. The molecule has 0 aromatic heterocycles. The molecule has 1 fully saturated rings. The van der Waals surface area contributed by atoms with E-state index in [-0.39, 0.29) is 20.6 Å². The Morgan fingerprint density at radius 1 is 1.07 bits per heavy atom. The molecule has 0 unspecified atom stereocenters. The molecule has 0 saturated carbocycles. The Kier molecular flexibility index (Phi) is 5.83. The molecule has 1 aliphatic heterocycles. The number of hydrogen-bond acceptors (Lipinski definition) is 3. The second-order valence-corrected chi connectivity index (χ2v) is 9.08. The van der Waals surface area contributed by atoms with Crippen LogP contribution in [0.15, 0.2) is 51.8 Å². The Balaban J connectivity index is 1.84. The van der Waals surface area contributed by atoms with E-state index in [0.29, 0.717) is 13.1 Å². The van der Waals surface area contributed by atoms with Crippen molar-refractivity contribution in [1.82, 2.24) is 4.31 Å². The van der Waals surface area contributed by atoms with Crippen molar-refractivity contribution in [3.8, 4) is 0 Å². The molecular weight excluding hydrogens is 461 g/mol. The molecule has 1 saturated heterocycles. The number of hydrogen-bond donors (Lipinski definition) is 1. The fourth-order valence-corrected chi connectivity index (χ4v) is 4.93. The lowest BCUT2D eigenvalue weighted by Crippen LogP contribution is -2.28. The van der Waals surface area contributed by atoms with E-state index in [4.69, 9.17) is 0 Å². The number of nitrogens with one attached hydrogen (secondary N) is 1. The highest BCUT2D eigenvalue weighted by atomic mass is 79.9. The molecule has 2 aromatic carbocycles. The van der Waals surface area contributed by atoms with Crippen LogP contribution in [0.1, 0.15) is 28.8 Å². The van der Waals surface area contributed by atoms with Crippen molar-refractivity contribution >= 4 is 37.5 Å². The number of amides is 1. The summed E-state index contributed by atoms with van der Waals surface area (Å²) in [6.07, 6.45) is -3.02. The number of rotatable bonds is 4. The molecule has 0 radical (unpaired) electrons. The summed E-state index contributed by atoms with van der Waals surface area (Å²) >= 11 is 2.84. The topological polar surface area (TPSA) is 66.5 Å². The highest BCUT2D eigenvalue weighted by Gasteiger charge is 2.33. The fraction of sp³-hybridized carbons (Fsp3) is 0.278. The van der Waals surface area contributed by atoms with Gasteiger partial charge in [-0.25, -0.2) is 8.42 Å². The predicted octanol–water partition coefficient (Wildman–Crippen LogP) is 4.50. The largest absolute Gasteiger partial charge is 0.417 e. The van der Waals surface area contributed by atoms with Gasteiger partial charge >= 0.3 is 6.18 Å². The van der Waals surface area contributed by atoms with E-state index in [0.717, 1.165) is 18.9 Å². The van der Waals surface area contributed by atoms with Crippen molar-refractivity contribution in [2.24, 2.45) is 0 Å². The van der Waals surface area contributed by atoms with Crippen LogP contribution in [-0.4, -0.2) is 31.7 Å². The van der Waals surface area contributed by atoms with Gasteiger partial charge in [-0.1, -0.05) is 22.0 Å². The van der Waals surface area contributed by atoms with Crippen molar-refractivity contribution in [2.75, 3.05) is 18.4 Å². The van der Waals surface area contributed by atoms with Crippen molar-refractivity contribution in [3.05, 3.63) is 58.1 Å². The normalized spacial score (nSPS) is 15.6. The van der Waals surface area contributed by atoms with Crippen LogP contribution in [0.4, 0.5) is 18.9 Å². The van der Waals surface area contributed by atoms with Gasteiger partial charge in [-0.05, 0) is 49.2 Å². The molecule has 3 rings (SSSR count). The summed E-state index contributed by atoms with van der Waals surface area (Å²) in [5, 5.41) is 2.38. The van der Waals surface area contributed by atoms with Crippen LogP contribution in [0.2, 0.25) is 0 Å². The summed E-state index contributed by atoms with van der Waals surface area (Å²) in [5.74, 6) is -0.700. The second-order valence-electron chi connectivity index (χ2n) is 6.29. The summed E-state index contributed by atoms with van der Waals surface area (Å²) in [4.78, 5) is 12.4. The Morgan fingerprint density at radius 3 is 2.39 bits per heavy atom. The molecule has 1 heterocycles. The lowest BCUT2D eigenvalue weighted by atomic mass is 10.1. The van der Waals surface area contributed by atoms with Crippen molar-refractivity contribution in [1.29, 1.82) is 0 Å². The maximum atomic E-state index is 13.0. The standard InChI is InChI=1S/C18H16BrF3N2O3S/c19-16-7-6-13(11-15(16)18(20,21)22)23-17(25)12-4-3-5-14(10-12)28(26,27)24-8-1-2-9-24/h3-7,10-11H,1-2,8-9H2,(H,23,25). The first-order valence-electron chi connectivity index (χ1n) is 8.37. The number of anilines is 1. The van der Waals surface area contributed by atoms with Gasteiger partial charge in [0.1, 0.15) is 0 Å². The minimum Gasteiger partial charge on any atom is -0.322 e. The Morgan fingerprint density at radius 2 is 1.75 bits per heavy atom. The summed E-state index contributed by atoms with van der Waals surface area (Å²) < 4.78 is 65.5. The third-order valence-corrected chi connectivity index (χ3v) is 6.91. The fourth-order valence-electron chi connectivity index (χ4n) is 2.90. The van der Waals surface area contributed by atoms with Gasteiger partial charge in [-0.2, -0.15) is 17.5 Å². The summed E-state index contributed by atoms with van der Waals surface area (Å²) in [6, 6.07) is 8.78. The van der Waals surface area contributed by atoms with Crippen LogP contribution in [-0.2, 0) is 16.2 Å². The minimum absolute atomic E-state index is 0.0196. The van der Waals surface area contributed by atoms with Gasteiger partial charge in [-0.3, -0.25) is 4.79 Å². The van der Waals surface area contributed by atoms with Crippen LogP contribution in [0.3, 0.4) is 0 Å². The molecule has 0 spiro atoms. The van der Waals surface area contributed by atoms with Crippen LogP contribution in [0, 0.1) is 0 Å². The molecule has 2 aromatic rings. The molecule has 1 aliphatic rings. The van der Waals surface area contributed by atoms with Crippen LogP contribution in [0.25, 0.3) is 0 Å². The zero-order valence-electron chi connectivity index (χ0n) is 14.5. The maximum Gasteiger partial charge on any atom is 0.417 e. The summed E-state index contributed by atoms with van der Waals surface area (Å²) in [5.41, 5.74) is -0.930. The molecule has 10 heteroatoms. The molecular formula is C18H16BrF3N2O3S.